The third kappa shape index (κ3) is 6.09. The minimum absolute atomic E-state index is 0.165. The highest BCUT2D eigenvalue weighted by atomic mass is 32.2. The van der Waals surface area contributed by atoms with Crippen LogP contribution in [0.25, 0.3) is 0 Å². The van der Waals surface area contributed by atoms with Crippen LogP contribution in [0.2, 0.25) is 0 Å². The van der Waals surface area contributed by atoms with E-state index in [1.807, 2.05) is 0 Å². The van der Waals surface area contributed by atoms with Crippen molar-refractivity contribution in [1.29, 1.82) is 0 Å². The molecular formula is C12H18FNO3S. The summed E-state index contributed by atoms with van der Waals surface area (Å²) in [5.74, 6) is -0.553. The number of rotatable bonds is 7. The molecule has 0 bridgehead atoms. The maximum atomic E-state index is 12.7. The average molecular weight is 275 g/mol. The summed E-state index contributed by atoms with van der Waals surface area (Å²) in [6, 6.07) is 5.37. The van der Waals surface area contributed by atoms with E-state index in [9.17, 15) is 12.8 Å². The zero-order valence-corrected chi connectivity index (χ0v) is 11.1. The Balaban J connectivity index is 2.42. The molecule has 0 spiro atoms. The summed E-state index contributed by atoms with van der Waals surface area (Å²) in [5.41, 5.74) is 0.541. The molecule has 0 aliphatic carbocycles. The molecule has 18 heavy (non-hydrogen) atoms. The summed E-state index contributed by atoms with van der Waals surface area (Å²) >= 11 is 0. The van der Waals surface area contributed by atoms with Crippen LogP contribution in [0.15, 0.2) is 24.3 Å². The van der Waals surface area contributed by atoms with Crippen LogP contribution in [-0.2, 0) is 15.8 Å². The maximum Gasteiger partial charge on any atom is 0.215 e. The number of hydrogen-bond donors (Lipinski definition) is 2. The Labute approximate surface area is 107 Å². The summed E-state index contributed by atoms with van der Waals surface area (Å²) < 4.78 is 38.4. The molecule has 1 rings (SSSR count). The van der Waals surface area contributed by atoms with Gasteiger partial charge in [0.1, 0.15) is 5.82 Å². The summed E-state index contributed by atoms with van der Waals surface area (Å²) in [6.45, 7) is 1.96. The molecule has 0 aromatic heterocycles. The summed E-state index contributed by atoms with van der Waals surface area (Å²) in [6.07, 6.45) is 0.714. The van der Waals surface area contributed by atoms with Gasteiger partial charge in [-0.05, 0) is 37.5 Å². The zero-order valence-electron chi connectivity index (χ0n) is 10.3. The lowest BCUT2D eigenvalue weighted by Crippen LogP contribution is -2.26. The van der Waals surface area contributed by atoms with Gasteiger partial charge in [-0.15, -0.1) is 0 Å². The summed E-state index contributed by atoms with van der Waals surface area (Å²) in [7, 11) is -3.40. The van der Waals surface area contributed by atoms with Crippen molar-refractivity contribution in [2.75, 3.05) is 6.54 Å². The second kappa shape index (κ2) is 6.82. The highest BCUT2D eigenvalue weighted by Crippen LogP contribution is 2.06. The van der Waals surface area contributed by atoms with E-state index in [4.69, 9.17) is 5.11 Å². The van der Waals surface area contributed by atoms with Gasteiger partial charge >= 0.3 is 0 Å². The fourth-order valence-electron chi connectivity index (χ4n) is 1.48. The smallest absolute Gasteiger partial charge is 0.215 e. The Morgan fingerprint density at radius 3 is 2.50 bits per heavy atom. The van der Waals surface area contributed by atoms with Gasteiger partial charge in [-0.3, -0.25) is 0 Å². The Morgan fingerprint density at radius 1 is 1.33 bits per heavy atom. The number of nitrogens with one attached hydrogen (secondary N) is 1. The highest BCUT2D eigenvalue weighted by molar-refractivity contribution is 7.88. The van der Waals surface area contributed by atoms with E-state index in [1.54, 1.807) is 6.92 Å². The van der Waals surface area contributed by atoms with Gasteiger partial charge in [-0.2, -0.15) is 0 Å². The lowest BCUT2D eigenvalue weighted by Gasteiger charge is -2.07. The quantitative estimate of drug-likeness (QED) is 0.739. The second-order valence-corrected chi connectivity index (χ2v) is 6.08. The monoisotopic (exact) mass is 275 g/mol. The van der Waals surface area contributed by atoms with Gasteiger partial charge in [-0.25, -0.2) is 17.5 Å². The van der Waals surface area contributed by atoms with Crippen molar-refractivity contribution in [3.8, 4) is 0 Å². The topological polar surface area (TPSA) is 66.4 Å². The van der Waals surface area contributed by atoms with Crippen molar-refractivity contribution < 1.29 is 17.9 Å². The molecule has 0 amide bonds. The predicted octanol–water partition coefficient (Wildman–Crippen LogP) is 1.41. The summed E-state index contributed by atoms with van der Waals surface area (Å²) in [4.78, 5) is 0. The minimum Gasteiger partial charge on any atom is -0.393 e. The first kappa shape index (κ1) is 15.1. The molecular weight excluding hydrogens is 257 g/mol. The molecule has 0 radical (unpaired) electrons. The Kier molecular flexibility index (Phi) is 5.71. The molecule has 1 unspecified atom stereocenters. The van der Waals surface area contributed by atoms with E-state index >= 15 is 0 Å². The number of halogens is 1. The van der Waals surface area contributed by atoms with Crippen LogP contribution in [0, 0.1) is 5.82 Å². The molecule has 0 fully saturated rings. The molecule has 1 aromatic rings. The molecule has 6 heteroatoms. The standard InChI is InChI=1S/C12H18FNO3S/c1-10(15)3-2-8-14-18(16,17)9-11-4-6-12(13)7-5-11/h4-7,10,14-15H,2-3,8-9H2,1H3. The fourth-order valence-corrected chi connectivity index (χ4v) is 2.66. The van der Waals surface area contributed by atoms with Crippen molar-refractivity contribution >= 4 is 10.0 Å². The molecule has 4 nitrogen and oxygen atoms in total. The van der Waals surface area contributed by atoms with Crippen LogP contribution in [-0.4, -0.2) is 26.2 Å². The molecule has 0 aliphatic heterocycles. The maximum absolute atomic E-state index is 12.7. The Hall–Kier alpha value is -0.980. The van der Waals surface area contributed by atoms with E-state index in [0.717, 1.165) is 0 Å². The third-order valence-electron chi connectivity index (χ3n) is 2.39. The van der Waals surface area contributed by atoms with Gasteiger partial charge < -0.3 is 5.11 Å². The first-order valence-corrected chi connectivity index (χ1v) is 7.44. The zero-order chi connectivity index (χ0) is 13.6. The van der Waals surface area contributed by atoms with Crippen LogP contribution >= 0.6 is 0 Å². The third-order valence-corrected chi connectivity index (χ3v) is 3.75. The number of hydrogen-bond acceptors (Lipinski definition) is 3. The van der Waals surface area contributed by atoms with Crippen LogP contribution in [0.4, 0.5) is 4.39 Å². The van der Waals surface area contributed by atoms with Crippen LogP contribution in [0.1, 0.15) is 25.3 Å². The number of aliphatic hydroxyl groups is 1. The fraction of sp³-hybridized carbons (Fsp3) is 0.500. The van der Waals surface area contributed by atoms with Gasteiger partial charge in [0.25, 0.3) is 0 Å². The van der Waals surface area contributed by atoms with Crippen molar-refractivity contribution in [3.05, 3.63) is 35.6 Å². The van der Waals surface area contributed by atoms with Gasteiger partial charge in [0.2, 0.25) is 10.0 Å². The second-order valence-electron chi connectivity index (χ2n) is 4.27. The van der Waals surface area contributed by atoms with Crippen molar-refractivity contribution in [2.45, 2.75) is 31.6 Å². The van der Waals surface area contributed by atoms with Gasteiger partial charge in [0.05, 0.1) is 11.9 Å². The van der Waals surface area contributed by atoms with Crippen LogP contribution in [0.5, 0.6) is 0 Å². The first-order valence-electron chi connectivity index (χ1n) is 5.79. The highest BCUT2D eigenvalue weighted by Gasteiger charge is 2.10. The van der Waals surface area contributed by atoms with Crippen molar-refractivity contribution in [3.63, 3.8) is 0 Å². The predicted molar refractivity (Wildman–Crippen MR) is 67.9 cm³/mol. The Morgan fingerprint density at radius 2 is 1.94 bits per heavy atom. The minimum atomic E-state index is -3.40. The summed E-state index contributed by atoms with van der Waals surface area (Å²) in [5, 5.41) is 9.03. The van der Waals surface area contributed by atoms with Crippen LogP contribution in [0.3, 0.4) is 0 Å². The first-order chi connectivity index (χ1) is 8.39. The van der Waals surface area contributed by atoms with Crippen molar-refractivity contribution in [2.24, 2.45) is 0 Å². The molecule has 0 aliphatic rings. The number of aliphatic hydroxyl groups excluding tert-OH is 1. The molecule has 2 N–H and O–H groups in total. The van der Waals surface area contributed by atoms with Crippen molar-refractivity contribution in [1.82, 2.24) is 4.72 Å². The molecule has 0 heterocycles. The van der Waals surface area contributed by atoms with Gasteiger partial charge in [0.15, 0.2) is 0 Å². The van der Waals surface area contributed by atoms with Crippen LogP contribution < -0.4 is 4.72 Å². The van der Waals surface area contributed by atoms with E-state index in [-0.39, 0.29) is 11.6 Å². The largest absolute Gasteiger partial charge is 0.393 e. The molecule has 1 atom stereocenters. The number of sulfonamides is 1. The molecule has 0 saturated carbocycles. The lowest BCUT2D eigenvalue weighted by molar-refractivity contribution is 0.182. The molecule has 1 aromatic carbocycles. The lowest BCUT2D eigenvalue weighted by atomic mass is 10.2. The normalized spacial score (nSPS) is 13.5. The van der Waals surface area contributed by atoms with Gasteiger partial charge in [-0.1, -0.05) is 12.1 Å². The van der Waals surface area contributed by atoms with E-state index in [2.05, 4.69) is 4.72 Å². The molecule has 0 saturated heterocycles. The molecule has 102 valence electrons. The number of benzene rings is 1. The van der Waals surface area contributed by atoms with E-state index in [0.29, 0.717) is 24.9 Å². The van der Waals surface area contributed by atoms with E-state index in [1.165, 1.54) is 24.3 Å². The average Bonchev–Trinajstić information content (AvgIpc) is 2.27. The Bertz CT molecular complexity index is 457. The van der Waals surface area contributed by atoms with Gasteiger partial charge in [0, 0.05) is 6.54 Å². The SMILES string of the molecule is CC(O)CCCNS(=O)(=O)Cc1ccc(F)cc1. The van der Waals surface area contributed by atoms with E-state index < -0.39 is 16.1 Å².